The Balaban J connectivity index is 1.71. The van der Waals surface area contributed by atoms with E-state index in [0.717, 1.165) is 33.3 Å². The predicted molar refractivity (Wildman–Crippen MR) is 80.1 cm³/mol. The van der Waals surface area contributed by atoms with E-state index < -0.39 is 5.69 Å². The van der Waals surface area contributed by atoms with Gasteiger partial charge < -0.3 is 4.74 Å². The van der Waals surface area contributed by atoms with Crippen LogP contribution < -0.4 is 5.69 Å². The molecule has 4 rings (SSSR count). The number of aryl methyl sites for hydroxylation is 1. The van der Waals surface area contributed by atoms with E-state index in [-0.39, 0.29) is 12.8 Å². The van der Waals surface area contributed by atoms with Gasteiger partial charge in [-0.2, -0.15) is 9.78 Å². The fourth-order valence-corrected chi connectivity index (χ4v) is 2.47. The zero-order chi connectivity index (χ0) is 16.7. The average Bonchev–Trinajstić information content (AvgIpc) is 3.27. The Bertz CT molecular complexity index is 910. The van der Waals surface area contributed by atoms with Crippen LogP contribution in [0.5, 0.6) is 0 Å². The maximum atomic E-state index is 12.2. The quantitative estimate of drug-likeness (QED) is 0.813. The van der Waals surface area contributed by atoms with Crippen molar-refractivity contribution < 1.29 is 6.11 Å². The fraction of sp³-hybridized carbons (Fsp3) is 0.429. The van der Waals surface area contributed by atoms with E-state index in [4.69, 9.17) is 6.11 Å². The van der Waals surface area contributed by atoms with Crippen LogP contribution in [-0.2, 0) is 18.4 Å². The molecule has 2 aromatic rings. The van der Waals surface area contributed by atoms with Crippen molar-refractivity contribution in [3.8, 4) is 5.82 Å². The van der Waals surface area contributed by atoms with Gasteiger partial charge in [-0.1, -0.05) is 6.08 Å². The molecule has 0 unspecified atom stereocenters. The molecule has 3 heterocycles. The van der Waals surface area contributed by atoms with Crippen molar-refractivity contribution in [1.29, 1.82) is 0 Å². The van der Waals surface area contributed by atoms with Crippen LogP contribution in [0.1, 0.15) is 37.7 Å². The summed E-state index contributed by atoms with van der Waals surface area (Å²) < 4.78 is 15.5. The first-order chi connectivity index (χ1) is 11.6. The maximum absolute atomic E-state index is 12.2. The maximum Gasteiger partial charge on any atom is 0.369 e. The summed E-state index contributed by atoms with van der Waals surface area (Å²) in [5.74, 6) is 1.21. The highest BCUT2D eigenvalue weighted by atomic mass is 16.5. The molecule has 2 aliphatic rings. The van der Waals surface area contributed by atoms with Gasteiger partial charge in [0.25, 0.3) is 0 Å². The third-order valence-electron chi connectivity index (χ3n) is 3.85. The van der Waals surface area contributed by atoms with Crippen molar-refractivity contribution in [1.82, 2.24) is 30.0 Å². The van der Waals surface area contributed by atoms with Gasteiger partial charge in [-0.3, -0.25) is 0 Å². The summed E-state index contributed by atoms with van der Waals surface area (Å²) in [6.45, 7) is 0.194. The summed E-state index contributed by atoms with van der Waals surface area (Å²) in [6, 6.07) is 0. The van der Waals surface area contributed by atoms with Gasteiger partial charge in [0.2, 0.25) is 0 Å². The molecule has 1 saturated carbocycles. The molecule has 0 spiro atoms. The number of rotatable bonds is 4. The van der Waals surface area contributed by atoms with Crippen LogP contribution >= 0.6 is 0 Å². The highest BCUT2D eigenvalue weighted by molar-refractivity contribution is 5.80. The molecule has 0 N–H and O–H groups in total. The summed E-state index contributed by atoms with van der Waals surface area (Å²) >= 11 is 0. The molecule has 0 bridgehead atoms. The Hall–Kier alpha value is -2.84. The normalized spacial score (nSPS) is 17.7. The highest BCUT2D eigenvalue weighted by Crippen LogP contribution is 2.42. The van der Waals surface area contributed by atoms with Gasteiger partial charge in [-0.05, 0) is 34.7 Å². The number of aromatic nitrogens is 6. The minimum absolute atomic E-state index is 0.194. The van der Waals surface area contributed by atoms with Crippen LogP contribution in [0, 0.1) is 0 Å². The van der Waals surface area contributed by atoms with Gasteiger partial charge in [0.05, 0.1) is 7.57 Å². The summed E-state index contributed by atoms with van der Waals surface area (Å²) in [5.41, 5.74) is 1.37. The van der Waals surface area contributed by atoms with Crippen LogP contribution in [0.15, 0.2) is 28.2 Å². The highest BCUT2D eigenvalue weighted by Gasteiger charge is 2.29. The van der Waals surface area contributed by atoms with E-state index >= 15 is 0 Å². The number of tetrazole rings is 1. The van der Waals surface area contributed by atoms with Crippen LogP contribution in [0.25, 0.3) is 5.82 Å². The second-order valence-electron chi connectivity index (χ2n) is 5.50. The first kappa shape index (κ1) is 12.7. The topological polar surface area (TPSA) is 100 Å². The van der Waals surface area contributed by atoms with E-state index in [1.54, 1.807) is 12.3 Å². The van der Waals surface area contributed by atoms with Gasteiger partial charge in [0.1, 0.15) is 6.61 Å². The second kappa shape index (κ2) is 5.41. The lowest BCUT2D eigenvalue weighted by Gasteiger charge is -2.12. The Morgan fingerprint density at radius 1 is 1.43 bits per heavy atom. The molecule has 2 aromatic heterocycles. The number of aliphatic imine (C=N–C) groups is 1. The second-order valence-corrected chi connectivity index (χ2v) is 5.50. The lowest BCUT2D eigenvalue weighted by Crippen LogP contribution is -2.24. The standard InChI is InChI=1S/C14H15N7O2/c1-20-14(22)21(19-18-20)13-11(8-23-12-3-2-6-15-12)10(7-16-17-13)9-4-5-9/h2,6-7,9H,3-5,8H2,1H3/i6T. The van der Waals surface area contributed by atoms with E-state index in [1.165, 1.54) is 7.05 Å². The third kappa shape index (κ3) is 2.54. The molecule has 1 fully saturated rings. The van der Waals surface area contributed by atoms with E-state index in [0.29, 0.717) is 24.1 Å². The molecular weight excluding hydrogens is 298 g/mol. The molecule has 0 aromatic carbocycles. The van der Waals surface area contributed by atoms with Crippen LogP contribution in [0.4, 0.5) is 0 Å². The zero-order valence-electron chi connectivity index (χ0n) is 13.5. The Morgan fingerprint density at radius 2 is 2.30 bits per heavy atom. The molecular formula is C14H15N7O2. The van der Waals surface area contributed by atoms with E-state index in [1.807, 2.05) is 0 Å². The van der Waals surface area contributed by atoms with E-state index in [2.05, 4.69) is 25.6 Å². The molecule has 1 aliphatic heterocycles. The molecule has 0 amide bonds. The van der Waals surface area contributed by atoms with Crippen LogP contribution in [-0.4, -0.2) is 35.9 Å². The molecule has 0 saturated heterocycles. The molecule has 0 radical (unpaired) electrons. The van der Waals surface area contributed by atoms with E-state index in [9.17, 15) is 4.79 Å². The smallest absolute Gasteiger partial charge is 0.369 e. The lowest BCUT2D eigenvalue weighted by atomic mass is 10.1. The molecule has 0 atom stereocenters. The largest absolute Gasteiger partial charge is 0.475 e. The molecule has 118 valence electrons. The molecule has 1 aliphatic carbocycles. The van der Waals surface area contributed by atoms with Crippen molar-refractivity contribution in [2.24, 2.45) is 12.0 Å². The summed E-state index contributed by atoms with van der Waals surface area (Å²) in [6.07, 6.45) is 6.24. The first-order valence-corrected chi connectivity index (χ1v) is 7.34. The van der Waals surface area contributed by atoms with Crippen molar-refractivity contribution in [3.63, 3.8) is 0 Å². The Labute approximate surface area is 132 Å². The predicted octanol–water partition coefficient (Wildman–Crippen LogP) is 0.466. The first-order valence-electron chi connectivity index (χ1n) is 7.84. The third-order valence-corrected chi connectivity index (χ3v) is 3.85. The number of nitrogens with zero attached hydrogens (tertiary/aromatic N) is 7. The van der Waals surface area contributed by atoms with Gasteiger partial charge in [-0.25, -0.2) is 9.79 Å². The molecule has 9 heteroatoms. The fourth-order valence-electron chi connectivity index (χ4n) is 2.47. The minimum Gasteiger partial charge on any atom is -0.475 e. The number of hydrogen-bond acceptors (Lipinski definition) is 7. The summed E-state index contributed by atoms with van der Waals surface area (Å²) in [4.78, 5) is 16.2. The van der Waals surface area contributed by atoms with Crippen molar-refractivity contribution >= 4 is 5.90 Å². The molecule has 23 heavy (non-hydrogen) atoms. The van der Waals surface area contributed by atoms with Crippen molar-refractivity contribution in [2.75, 3.05) is 0 Å². The zero-order valence-corrected chi connectivity index (χ0v) is 12.5. The Kier molecular flexibility index (Phi) is 2.99. The van der Waals surface area contributed by atoms with Gasteiger partial charge in [-0.15, -0.1) is 9.78 Å². The van der Waals surface area contributed by atoms with Gasteiger partial charge in [0, 0.05) is 25.2 Å². The molecule has 9 nitrogen and oxygen atoms in total. The minimum atomic E-state index is -0.396. The number of hydrogen-bond donors (Lipinski definition) is 0. The average molecular weight is 315 g/mol. The van der Waals surface area contributed by atoms with Crippen LogP contribution in [0.2, 0.25) is 0 Å². The number of ether oxygens (including phenoxy) is 1. The SMILES string of the molecule is [3H]C1=CCC(OCc2c(C3CC3)cnnc2-n2nnn(C)c2=O)=N1. The lowest BCUT2D eigenvalue weighted by molar-refractivity contribution is 0.285. The van der Waals surface area contributed by atoms with Crippen molar-refractivity contribution in [2.45, 2.75) is 31.8 Å². The summed E-state index contributed by atoms with van der Waals surface area (Å²) in [7, 11) is 1.52. The Morgan fingerprint density at radius 3 is 2.96 bits per heavy atom. The van der Waals surface area contributed by atoms with Crippen molar-refractivity contribution in [3.05, 3.63) is 40.1 Å². The van der Waals surface area contributed by atoms with Gasteiger partial charge in [0.15, 0.2) is 11.7 Å². The summed E-state index contributed by atoms with van der Waals surface area (Å²) in [5, 5.41) is 15.7. The van der Waals surface area contributed by atoms with Gasteiger partial charge >= 0.3 is 5.69 Å². The monoisotopic (exact) mass is 315 g/mol. The van der Waals surface area contributed by atoms with Crippen LogP contribution in [0.3, 0.4) is 0 Å².